The van der Waals surface area contributed by atoms with Crippen molar-refractivity contribution in [3.8, 4) is 0 Å². The van der Waals surface area contributed by atoms with Crippen LogP contribution < -0.4 is 5.32 Å². The average molecular weight is 252 g/mol. The first-order valence-electron chi connectivity index (χ1n) is 6.80. The van der Waals surface area contributed by atoms with Gasteiger partial charge in [0.25, 0.3) is 0 Å². The van der Waals surface area contributed by atoms with Gasteiger partial charge in [-0.1, -0.05) is 12.2 Å². The lowest BCUT2D eigenvalue weighted by Crippen LogP contribution is -2.59. The van der Waals surface area contributed by atoms with E-state index in [1.54, 1.807) is 0 Å². The predicted molar refractivity (Wildman–Crippen MR) is 71.5 cm³/mol. The average Bonchev–Trinajstić information content (AvgIpc) is 2.56. The third-order valence-electron chi connectivity index (χ3n) is 3.55. The molecule has 0 spiro atoms. The lowest BCUT2D eigenvalue weighted by molar-refractivity contribution is 0.00677. The first kappa shape index (κ1) is 13.4. The normalized spacial score (nSPS) is 32.0. The zero-order chi connectivity index (χ0) is 13.3. The third-order valence-corrected chi connectivity index (χ3v) is 3.55. The van der Waals surface area contributed by atoms with Gasteiger partial charge in [-0.15, -0.1) is 0 Å². The van der Waals surface area contributed by atoms with Crippen LogP contribution in [-0.4, -0.2) is 41.3 Å². The molecule has 0 unspecified atom stereocenters. The molecule has 0 saturated carbocycles. The summed E-state index contributed by atoms with van der Waals surface area (Å²) in [5.74, 6) is 0. The van der Waals surface area contributed by atoms with E-state index in [1.165, 1.54) is 0 Å². The van der Waals surface area contributed by atoms with Crippen LogP contribution in [0.3, 0.4) is 0 Å². The molecule has 0 aliphatic carbocycles. The lowest BCUT2D eigenvalue weighted by Gasteiger charge is -2.40. The van der Waals surface area contributed by atoms with Crippen molar-refractivity contribution in [1.29, 1.82) is 0 Å². The minimum atomic E-state index is -0.419. The Morgan fingerprint density at radius 1 is 1.39 bits per heavy atom. The Labute approximate surface area is 109 Å². The third kappa shape index (κ3) is 2.69. The van der Waals surface area contributed by atoms with Crippen molar-refractivity contribution in [2.24, 2.45) is 0 Å². The van der Waals surface area contributed by atoms with Crippen molar-refractivity contribution in [1.82, 2.24) is 10.2 Å². The number of hydrogen-bond donors (Lipinski definition) is 1. The summed E-state index contributed by atoms with van der Waals surface area (Å²) in [4.78, 5) is 14.2. The zero-order valence-corrected chi connectivity index (χ0v) is 11.8. The Morgan fingerprint density at radius 2 is 2.11 bits per heavy atom. The maximum absolute atomic E-state index is 12.3. The van der Waals surface area contributed by atoms with Crippen LogP contribution >= 0.6 is 0 Å². The second-order valence-electron chi connectivity index (χ2n) is 6.15. The van der Waals surface area contributed by atoms with Crippen molar-refractivity contribution in [3.63, 3.8) is 0 Å². The van der Waals surface area contributed by atoms with E-state index in [-0.39, 0.29) is 18.2 Å². The number of ether oxygens (including phenoxy) is 1. The second-order valence-corrected chi connectivity index (χ2v) is 6.15. The summed E-state index contributed by atoms with van der Waals surface area (Å²) in [5.41, 5.74) is -0.419. The summed E-state index contributed by atoms with van der Waals surface area (Å²) >= 11 is 0. The molecule has 3 atom stereocenters. The summed E-state index contributed by atoms with van der Waals surface area (Å²) in [5, 5.41) is 3.49. The number of carbonyl (C=O) groups excluding carboxylic acids is 1. The fourth-order valence-corrected chi connectivity index (χ4v) is 2.88. The van der Waals surface area contributed by atoms with E-state index < -0.39 is 5.60 Å². The van der Waals surface area contributed by atoms with Gasteiger partial charge in [0.1, 0.15) is 5.60 Å². The van der Waals surface area contributed by atoms with Crippen LogP contribution in [0.2, 0.25) is 0 Å². The van der Waals surface area contributed by atoms with Crippen LogP contribution in [0.25, 0.3) is 0 Å². The molecule has 2 heterocycles. The molecule has 4 heteroatoms. The molecule has 2 aliphatic rings. The van der Waals surface area contributed by atoms with E-state index in [9.17, 15) is 4.79 Å². The molecule has 18 heavy (non-hydrogen) atoms. The SMILES string of the molecule is C/C=C\[C@H]1NC[C@H]2CC[C@@H]1N2C(=O)OC(C)(C)C. The van der Waals surface area contributed by atoms with Crippen molar-refractivity contribution in [2.75, 3.05) is 6.54 Å². The number of nitrogens with zero attached hydrogens (tertiary/aromatic N) is 1. The molecule has 0 aromatic heterocycles. The van der Waals surface area contributed by atoms with E-state index in [0.717, 1.165) is 19.4 Å². The van der Waals surface area contributed by atoms with Crippen LogP contribution in [-0.2, 0) is 4.74 Å². The number of nitrogens with one attached hydrogen (secondary N) is 1. The summed E-state index contributed by atoms with van der Waals surface area (Å²) < 4.78 is 5.52. The molecule has 1 amide bonds. The van der Waals surface area contributed by atoms with Crippen LogP contribution in [0, 0.1) is 0 Å². The van der Waals surface area contributed by atoms with Crippen LogP contribution in [0.1, 0.15) is 40.5 Å². The second kappa shape index (κ2) is 4.92. The predicted octanol–water partition coefficient (Wildman–Crippen LogP) is 2.30. The number of rotatable bonds is 1. The molecule has 0 radical (unpaired) electrons. The van der Waals surface area contributed by atoms with Gasteiger partial charge < -0.3 is 10.1 Å². The number of hydrogen-bond acceptors (Lipinski definition) is 3. The number of fused-ring (bicyclic) bond motifs is 2. The van der Waals surface area contributed by atoms with Crippen molar-refractivity contribution in [2.45, 2.75) is 64.3 Å². The van der Waals surface area contributed by atoms with E-state index >= 15 is 0 Å². The highest BCUT2D eigenvalue weighted by atomic mass is 16.6. The summed E-state index contributed by atoms with van der Waals surface area (Å²) in [6.07, 6.45) is 6.16. The maximum atomic E-state index is 12.3. The minimum absolute atomic E-state index is 0.161. The number of carbonyl (C=O) groups is 1. The zero-order valence-electron chi connectivity index (χ0n) is 11.8. The van der Waals surface area contributed by atoms with E-state index in [2.05, 4.69) is 11.4 Å². The first-order chi connectivity index (χ1) is 8.42. The highest BCUT2D eigenvalue weighted by Crippen LogP contribution is 2.31. The van der Waals surface area contributed by atoms with E-state index in [0.29, 0.717) is 6.04 Å². The first-order valence-corrected chi connectivity index (χ1v) is 6.80. The smallest absolute Gasteiger partial charge is 0.410 e. The maximum Gasteiger partial charge on any atom is 0.410 e. The minimum Gasteiger partial charge on any atom is -0.444 e. The van der Waals surface area contributed by atoms with Crippen molar-refractivity contribution < 1.29 is 9.53 Å². The molecule has 4 nitrogen and oxygen atoms in total. The Bertz CT molecular complexity index is 346. The monoisotopic (exact) mass is 252 g/mol. The van der Waals surface area contributed by atoms with Crippen molar-refractivity contribution >= 4 is 6.09 Å². The van der Waals surface area contributed by atoms with Crippen LogP contribution in [0.5, 0.6) is 0 Å². The van der Waals surface area contributed by atoms with E-state index in [1.807, 2.05) is 38.7 Å². The van der Waals surface area contributed by atoms with Gasteiger partial charge >= 0.3 is 6.09 Å². The Balaban J connectivity index is 2.10. The molecule has 2 fully saturated rings. The fraction of sp³-hybridized carbons (Fsp3) is 0.786. The molecule has 0 aromatic rings. The van der Waals surface area contributed by atoms with Crippen LogP contribution in [0.4, 0.5) is 4.79 Å². The molecule has 2 aliphatic heterocycles. The quantitative estimate of drug-likeness (QED) is 0.728. The summed E-state index contributed by atoms with van der Waals surface area (Å²) in [6, 6.07) is 0.808. The van der Waals surface area contributed by atoms with Gasteiger partial charge in [0.15, 0.2) is 0 Å². The highest BCUT2D eigenvalue weighted by molar-refractivity contribution is 5.70. The Kier molecular flexibility index (Phi) is 3.66. The van der Waals surface area contributed by atoms with Crippen molar-refractivity contribution in [3.05, 3.63) is 12.2 Å². The molecule has 2 bridgehead atoms. The van der Waals surface area contributed by atoms with Gasteiger partial charge in [-0.3, -0.25) is 4.90 Å². The molecule has 2 saturated heterocycles. The molecule has 1 N–H and O–H groups in total. The van der Waals surface area contributed by atoms with Gasteiger partial charge in [-0.05, 0) is 40.5 Å². The van der Waals surface area contributed by atoms with E-state index in [4.69, 9.17) is 4.74 Å². The number of allylic oxidation sites excluding steroid dienone is 1. The van der Waals surface area contributed by atoms with Gasteiger partial charge in [0.05, 0.1) is 6.04 Å². The van der Waals surface area contributed by atoms with Gasteiger partial charge in [-0.2, -0.15) is 0 Å². The van der Waals surface area contributed by atoms with Gasteiger partial charge in [0.2, 0.25) is 0 Å². The highest BCUT2D eigenvalue weighted by Gasteiger charge is 2.45. The Hall–Kier alpha value is -1.03. The van der Waals surface area contributed by atoms with Crippen LogP contribution in [0.15, 0.2) is 12.2 Å². The number of amides is 1. The molecule has 102 valence electrons. The Morgan fingerprint density at radius 3 is 2.72 bits per heavy atom. The molecule has 2 rings (SSSR count). The largest absolute Gasteiger partial charge is 0.444 e. The fourth-order valence-electron chi connectivity index (χ4n) is 2.88. The molecule has 0 aromatic carbocycles. The topological polar surface area (TPSA) is 41.6 Å². The standard InChI is InChI=1S/C14H24N2O2/c1-5-6-11-12-8-7-10(9-15-11)16(12)13(17)18-14(2,3)4/h5-6,10-12,15H,7-9H2,1-4H3/b6-5-/t10-,11-,12+/m1/s1. The summed E-state index contributed by atoms with van der Waals surface area (Å²) in [6.45, 7) is 8.63. The van der Waals surface area contributed by atoms with Gasteiger partial charge in [-0.25, -0.2) is 4.79 Å². The lowest BCUT2D eigenvalue weighted by atomic mass is 10.1. The molecular weight excluding hydrogens is 228 g/mol. The molecular formula is C14H24N2O2. The van der Waals surface area contributed by atoms with Gasteiger partial charge in [0, 0.05) is 18.6 Å². The number of piperazine rings is 1. The summed E-state index contributed by atoms with van der Waals surface area (Å²) in [7, 11) is 0.